The molecule has 1 saturated heterocycles. The Bertz CT molecular complexity index is 1620. The third kappa shape index (κ3) is 6.25. The van der Waals surface area contributed by atoms with Gasteiger partial charge in [-0.3, -0.25) is 14.9 Å². The van der Waals surface area contributed by atoms with Gasteiger partial charge in [-0.15, -0.1) is 0 Å². The van der Waals surface area contributed by atoms with Gasteiger partial charge in [-0.25, -0.2) is 14.1 Å². The fourth-order valence-electron chi connectivity index (χ4n) is 4.19. The Morgan fingerprint density at radius 1 is 0.756 bits per heavy atom. The maximum absolute atomic E-state index is 13.4. The number of imide groups is 2. The molecule has 0 atom stereocenters. The van der Waals surface area contributed by atoms with Crippen molar-refractivity contribution in [2.75, 3.05) is 12.0 Å². The second-order valence-corrected chi connectivity index (χ2v) is 9.02. The van der Waals surface area contributed by atoms with Crippen LogP contribution in [0.25, 0.3) is 6.08 Å². The summed E-state index contributed by atoms with van der Waals surface area (Å²) in [7, 11) is 1.56. The van der Waals surface area contributed by atoms with Crippen molar-refractivity contribution >= 4 is 29.6 Å². The van der Waals surface area contributed by atoms with Crippen molar-refractivity contribution in [3.63, 3.8) is 0 Å². The summed E-state index contributed by atoms with van der Waals surface area (Å²) >= 11 is 0. The number of halogens is 1. The van der Waals surface area contributed by atoms with Gasteiger partial charge >= 0.3 is 6.03 Å². The van der Waals surface area contributed by atoms with Crippen LogP contribution in [0.3, 0.4) is 0 Å². The molecule has 4 aromatic carbocycles. The molecule has 0 aliphatic carbocycles. The zero-order valence-electron chi connectivity index (χ0n) is 22.0. The number of urea groups is 1. The fourth-order valence-corrected chi connectivity index (χ4v) is 4.19. The number of hydrogen-bond acceptors (Lipinski definition) is 6. The topological polar surface area (TPSA) is 94.2 Å². The normalized spacial score (nSPS) is 14.1. The first-order valence-electron chi connectivity index (χ1n) is 12.7. The van der Waals surface area contributed by atoms with E-state index in [-0.39, 0.29) is 17.9 Å². The molecule has 4 amide bonds. The van der Waals surface area contributed by atoms with Gasteiger partial charge < -0.3 is 14.2 Å². The molecule has 1 aliphatic rings. The average Bonchev–Trinajstić information content (AvgIpc) is 2.99. The van der Waals surface area contributed by atoms with Crippen LogP contribution in [0.5, 0.6) is 17.2 Å². The number of barbiturate groups is 1. The van der Waals surface area contributed by atoms with Crippen molar-refractivity contribution in [2.24, 2.45) is 0 Å². The van der Waals surface area contributed by atoms with Crippen LogP contribution in [0.2, 0.25) is 0 Å². The highest BCUT2D eigenvalue weighted by Crippen LogP contribution is 2.30. The molecular weight excluding hydrogens is 527 g/mol. The van der Waals surface area contributed by atoms with E-state index in [0.29, 0.717) is 29.4 Å². The van der Waals surface area contributed by atoms with E-state index in [9.17, 15) is 18.8 Å². The quantitative estimate of drug-likeness (QED) is 0.213. The summed E-state index contributed by atoms with van der Waals surface area (Å²) in [6.45, 7) is 0.557. The van der Waals surface area contributed by atoms with E-state index >= 15 is 0 Å². The van der Waals surface area contributed by atoms with E-state index in [0.717, 1.165) is 28.2 Å². The molecule has 5 rings (SSSR count). The van der Waals surface area contributed by atoms with E-state index in [2.05, 4.69) is 5.32 Å². The third-order valence-electron chi connectivity index (χ3n) is 6.26. The van der Waals surface area contributed by atoms with Gasteiger partial charge in [0, 0.05) is 5.56 Å². The highest BCUT2D eigenvalue weighted by atomic mass is 19.1. The number of amides is 4. The van der Waals surface area contributed by atoms with Crippen LogP contribution in [0.1, 0.15) is 16.7 Å². The van der Waals surface area contributed by atoms with Crippen LogP contribution in [0.15, 0.2) is 103 Å². The molecule has 1 aliphatic heterocycles. The first kappa shape index (κ1) is 27.1. The lowest BCUT2D eigenvalue weighted by atomic mass is 10.1. The van der Waals surface area contributed by atoms with Gasteiger partial charge in [-0.2, -0.15) is 0 Å². The lowest BCUT2D eigenvalue weighted by Gasteiger charge is -2.26. The van der Waals surface area contributed by atoms with Crippen LogP contribution in [-0.4, -0.2) is 25.0 Å². The summed E-state index contributed by atoms with van der Waals surface area (Å²) in [5.41, 5.74) is 2.14. The van der Waals surface area contributed by atoms with Crippen LogP contribution < -0.4 is 24.4 Å². The predicted octanol–water partition coefficient (Wildman–Crippen LogP) is 5.66. The van der Waals surface area contributed by atoms with Crippen LogP contribution >= 0.6 is 0 Å². The lowest BCUT2D eigenvalue weighted by molar-refractivity contribution is -0.122. The number of nitrogens with zero attached hydrogens (tertiary/aromatic N) is 1. The number of benzene rings is 4. The Kier molecular flexibility index (Phi) is 8.05. The number of carbonyl (C=O) groups is 3. The van der Waals surface area contributed by atoms with Gasteiger partial charge in [0.15, 0.2) is 11.5 Å². The van der Waals surface area contributed by atoms with Gasteiger partial charge in [-0.1, -0.05) is 54.6 Å². The number of carbonyl (C=O) groups excluding carboxylic acids is 3. The van der Waals surface area contributed by atoms with Gasteiger partial charge in [0.2, 0.25) is 0 Å². The smallest absolute Gasteiger partial charge is 0.335 e. The summed E-state index contributed by atoms with van der Waals surface area (Å²) in [5, 5.41) is 2.16. The summed E-state index contributed by atoms with van der Waals surface area (Å²) < 4.78 is 30.9. The minimum atomic E-state index is -0.918. The Morgan fingerprint density at radius 2 is 1.44 bits per heavy atom. The Labute approximate surface area is 235 Å². The Hall–Kier alpha value is -5.44. The molecule has 0 radical (unpaired) electrons. The third-order valence-corrected chi connectivity index (χ3v) is 6.26. The number of nitrogens with one attached hydrogen (secondary N) is 1. The largest absolute Gasteiger partial charge is 0.493 e. The monoisotopic (exact) mass is 552 g/mol. The van der Waals surface area contributed by atoms with E-state index in [1.54, 1.807) is 37.4 Å². The zero-order valence-corrected chi connectivity index (χ0v) is 22.0. The summed E-state index contributed by atoms with van der Waals surface area (Å²) in [5.74, 6) is -0.655. The van der Waals surface area contributed by atoms with E-state index in [4.69, 9.17) is 14.2 Å². The summed E-state index contributed by atoms with van der Waals surface area (Å²) in [4.78, 5) is 39.0. The number of para-hydroxylation sites is 1. The molecule has 0 bridgehead atoms. The molecular formula is C32H25FN2O6. The predicted molar refractivity (Wildman–Crippen MR) is 150 cm³/mol. The number of methoxy groups -OCH3 is 1. The molecule has 9 heteroatoms. The molecule has 41 heavy (non-hydrogen) atoms. The van der Waals surface area contributed by atoms with Crippen LogP contribution in [0.4, 0.5) is 14.9 Å². The Morgan fingerprint density at radius 3 is 2.20 bits per heavy atom. The maximum atomic E-state index is 13.4. The number of anilines is 1. The number of ether oxygens (including phenoxy) is 3. The molecule has 4 aromatic rings. The van der Waals surface area contributed by atoms with Gasteiger partial charge in [0.05, 0.1) is 12.8 Å². The van der Waals surface area contributed by atoms with Gasteiger partial charge in [0.25, 0.3) is 11.8 Å². The molecule has 0 unspecified atom stereocenters. The molecule has 0 saturated carbocycles. The number of hydrogen-bond donors (Lipinski definition) is 1. The zero-order chi connectivity index (χ0) is 28.8. The molecule has 1 fully saturated rings. The van der Waals surface area contributed by atoms with Gasteiger partial charge in [0.1, 0.15) is 30.4 Å². The van der Waals surface area contributed by atoms with E-state index < -0.39 is 23.7 Å². The minimum Gasteiger partial charge on any atom is -0.493 e. The van der Waals surface area contributed by atoms with Crippen molar-refractivity contribution in [3.8, 4) is 17.2 Å². The lowest BCUT2D eigenvalue weighted by Crippen LogP contribution is -2.54. The molecule has 1 heterocycles. The van der Waals surface area contributed by atoms with Gasteiger partial charge in [-0.05, 0) is 59.7 Å². The Balaban J connectivity index is 1.33. The minimum absolute atomic E-state index is 0.127. The second-order valence-electron chi connectivity index (χ2n) is 9.02. The highest BCUT2D eigenvalue weighted by molar-refractivity contribution is 6.39. The van der Waals surface area contributed by atoms with Crippen molar-refractivity contribution < 1.29 is 33.0 Å². The highest BCUT2D eigenvalue weighted by Gasteiger charge is 2.37. The molecule has 0 aromatic heterocycles. The van der Waals surface area contributed by atoms with Crippen molar-refractivity contribution in [1.82, 2.24) is 5.32 Å². The molecule has 0 spiro atoms. The average molecular weight is 553 g/mol. The molecule has 206 valence electrons. The van der Waals surface area contributed by atoms with Crippen LogP contribution in [-0.2, 0) is 22.8 Å². The first-order chi connectivity index (χ1) is 19.9. The van der Waals surface area contributed by atoms with Crippen molar-refractivity contribution in [3.05, 3.63) is 125 Å². The second kappa shape index (κ2) is 12.2. The summed E-state index contributed by atoms with van der Waals surface area (Å²) in [6, 6.07) is 26.0. The van der Waals surface area contributed by atoms with E-state index in [1.807, 2.05) is 42.5 Å². The molecule has 8 nitrogen and oxygen atoms in total. The van der Waals surface area contributed by atoms with Crippen molar-refractivity contribution in [1.29, 1.82) is 0 Å². The SMILES string of the molecule is COc1cc(COc2ccccc2/C=C2\C(=O)NC(=O)N(c3ccc(F)cc3)C2=O)ccc1OCc1ccccc1. The van der Waals surface area contributed by atoms with Crippen LogP contribution in [0, 0.1) is 5.82 Å². The summed E-state index contributed by atoms with van der Waals surface area (Å²) in [6.07, 6.45) is 1.36. The van der Waals surface area contributed by atoms with Crippen molar-refractivity contribution in [2.45, 2.75) is 13.2 Å². The maximum Gasteiger partial charge on any atom is 0.335 e. The molecule has 1 N–H and O–H groups in total. The van der Waals surface area contributed by atoms with E-state index in [1.165, 1.54) is 18.2 Å². The number of rotatable bonds is 9. The fraction of sp³-hybridized carbons (Fsp3) is 0.0938. The standard InChI is InChI=1S/C32H25FN2O6/c1-39-29-17-22(11-16-28(29)41-19-21-7-3-2-4-8-21)20-40-27-10-6-5-9-23(27)18-26-30(36)34-32(38)35(31(26)37)25-14-12-24(33)13-15-25/h2-18H,19-20H2,1H3,(H,34,36,38)/b26-18+. The first-order valence-corrected chi connectivity index (χ1v) is 12.7.